The fourth-order valence-corrected chi connectivity index (χ4v) is 2.30. The summed E-state index contributed by atoms with van der Waals surface area (Å²) in [5.41, 5.74) is 3.57. The Hall–Kier alpha value is -1.46. The monoisotopic (exact) mass is 249 g/mol. The van der Waals surface area contributed by atoms with Crippen LogP contribution in [0.1, 0.15) is 17.5 Å². The molecule has 0 heterocycles. The van der Waals surface area contributed by atoms with Gasteiger partial charge >= 0.3 is 0 Å². The van der Waals surface area contributed by atoms with Crippen molar-refractivity contribution in [3.05, 3.63) is 35.4 Å². The van der Waals surface area contributed by atoms with Gasteiger partial charge in [0.05, 0.1) is 17.0 Å². The van der Waals surface area contributed by atoms with Gasteiger partial charge in [-0.1, -0.05) is 24.3 Å². The molecule has 0 aliphatic heterocycles. The summed E-state index contributed by atoms with van der Waals surface area (Å²) in [6, 6.07) is 5.81. The molecule has 0 spiro atoms. The summed E-state index contributed by atoms with van der Waals surface area (Å²) in [7, 11) is 3.92. The molecule has 0 bridgehead atoms. The first-order valence-electron chi connectivity index (χ1n) is 5.24. The first kappa shape index (κ1) is 12.0. The van der Waals surface area contributed by atoms with Gasteiger partial charge in [-0.2, -0.15) is 0 Å². The van der Waals surface area contributed by atoms with Crippen molar-refractivity contribution in [1.82, 2.24) is 0 Å². The summed E-state index contributed by atoms with van der Waals surface area (Å²) in [5, 5.41) is 0. The maximum Gasteiger partial charge on any atom is 0.0679 e. The molecule has 2 rings (SSSR count). The normalized spacial score (nSPS) is 17.9. The number of fused-ring (bicyclic) bond motifs is 1. The van der Waals surface area contributed by atoms with Crippen molar-refractivity contribution in [2.45, 2.75) is 6.42 Å². The van der Waals surface area contributed by atoms with Crippen LogP contribution in [-0.2, 0) is 11.3 Å². The van der Waals surface area contributed by atoms with Crippen LogP contribution in [0.5, 0.6) is 0 Å². The zero-order chi connectivity index (χ0) is 12.4. The van der Waals surface area contributed by atoms with Gasteiger partial charge in [0.15, 0.2) is 0 Å². The van der Waals surface area contributed by atoms with Gasteiger partial charge in [0.2, 0.25) is 0 Å². The van der Waals surface area contributed by atoms with E-state index < -0.39 is 11.3 Å². The molecule has 0 aromatic heterocycles. The van der Waals surface area contributed by atoms with Crippen LogP contribution in [0.3, 0.4) is 0 Å². The predicted octanol–water partition coefficient (Wildman–Crippen LogP) is 1.75. The Morgan fingerprint density at radius 1 is 1.41 bits per heavy atom. The summed E-state index contributed by atoms with van der Waals surface area (Å²) in [4.78, 5) is 2.00. The maximum absolute atomic E-state index is 10.7. The van der Waals surface area contributed by atoms with Crippen LogP contribution in [0.2, 0.25) is 0 Å². The number of benzene rings is 1. The summed E-state index contributed by atoms with van der Waals surface area (Å²) in [6.45, 7) is 0. The lowest BCUT2D eigenvalue weighted by atomic mass is 9.94. The highest BCUT2D eigenvalue weighted by Gasteiger charge is 2.15. The van der Waals surface area contributed by atoms with Crippen LogP contribution in [0.4, 0.5) is 5.69 Å². The average Bonchev–Trinajstić information content (AvgIpc) is 2.28. The van der Waals surface area contributed by atoms with E-state index in [1.165, 1.54) is 0 Å². The molecule has 1 aromatic rings. The van der Waals surface area contributed by atoms with Gasteiger partial charge < -0.3 is 9.45 Å². The number of anilines is 1. The number of nitrogens with zero attached hydrogens (tertiary/aromatic N) is 2. The molecule has 5 heteroatoms. The predicted molar refractivity (Wildman–Crippen MR) is 69.9 cm³/mol. The molecule has 0 N–H and O–H groups in total. The van der Waals surface area contributed by atoms with Crippen LogP contribution in [0.15, 0.2) is 28.7 Å². The third-order valence-corrected chi connectivity index (χ3v) is 3.03. The van der Waals surface area contributed by atoms with Crippen molar-refractivity contribution in [3.63, 3.8) is 0 Å². The molecule has 1 aliphatic carbocycles. The molecule has 0 fully saturated rings. The minimum Gasteiger partial charge on any atom is -0.754 e. The Balaban J connectivity index is 2.58. The van der Waals surface area contributed by atoms with Crippen molar-refractivity contribution >= 4 is 28.7 Å². The lowest BCUT2D eigenvalue weighted by Gasteiger charge is -2.21. The number of allylic oxidation sites excluding steroid dienone is 1. The first-order valence-corrected chi connectivity index (χ1v) is 6.27. The average molecular weight is 249 g/mol. The van der Waals surface area contributed by atoms with E-state index in [0.29, 0.717) is 12.1 Å². The van der Waals surface area contributed by atoms with Crippen LogP contribution in [-0.4, -0.2) is 28.6 Å². The molecule has 4 nitrogen and oxygen atoms in total. The molecule has 17 heavy (non-hydrogen) atoms. The van der Waals surface area contributed by atoms with E-state index in [1.54, 1.807) is 0 Å². The molecule has 0 saturated carbocycles. The highest BCUT2D eigenvalue weighted by molar-refractivity contribution is 7.77. The van der Waals surface area contributed by atoms with E-state index in [9.17, 15) is 8.76 Å². The molecule has 1 unspecified atom stereocenters. The molecule has 1 aromatic carbocycles. The summed E-state index contributed by atoms with van der Waals surface area (Å²) >= 11 is -2.40. The van der Waals surface area contributed by atoms with Crippen molar-refractivity contribution < 1.29 is 8.76 Å². The second-order valence-corrected chi connectivity index (χ2v) is 4.61. The summed E-state index contributed by atoms with van der Waals surface area (Å²) in [5.74, 6) is 0. The Bertz CT molecular complexity index is 521. The highest BCUT2D eigenvalue weighted by atomic mass is 32.2. The first-order chi connectivity index (χ1) is 8.09. The molecule has 90 valence electrons. The largest absolute Gasteiger partial charge is 0.754 e. The Labute approximate surface area is 103 Å². The van der Waals surface area contributed by atoms with Crippen LogP contribution >= 0.6 is 0 Å². The zero-order valence-corrected chi connectivity index (χ0v) is 10.5. The van der Waals surface area contributed by atoms with Crippen LogP contribution in [0.25, 0.3) is 6.08 Å². The van der Waals surface area contributed by atoms with E-state index in [-0.39, 0.29) is 0 Å². The number of rotatable bonds is 2. The minimum atomic E-state index is -2.40. The Morgan fingerprint density at radius 3 is 2.82 bits per heavy atom. The lowest BCUT2D eigenvalue weighted by molar-refractivity contribution is 0.539. The van der Waals surface area contributed by atoms with E-state index in [1.807, 2.05) is 49.3 Å². The SMILES string of the molecule is CN(C)c1cccc2c1C=CCC2=NS(=O)[O-]. The molecule has 1 atom stereocenters. The smallest absolute Gasteiger partial charge is 0.0679 e. The molecular formula is C12H13N2O2S-. The third-order valence-electron chi connectivity index (χ3n) is 2.66. The summed E-state index contributed by atoms with van der Waals surface area (Å²) < 4.78 is 25.0. The van der Waals surface area contributed by atoms with E-state index in [4.69, 9.17) is 0 Å². The lowest BCUT2D eigenvalue weighted by Crippen LogP contribution is -2.14. The Morgan fingerprint density at radius 2 is 2.18 bits per heavy atom. The fraction of sp³-hybridized carbons (Fsp3) is 0.250. The molecule has 0 amide bonds. The van der Waals surface area contributed by atoms with Gasteiger partial charge in [0.25, 0.3) is 0 Å². The molecule has 0 radical (unpaired) electrons. The van der Waals surface area contributed by atoms with Gasteiger partial charge in [0.1, 0.15) is 0 Å². The fourth-order valence-electron chi connectivity index (χ4n) is 1.94. The van der Waals surface area contributed by atoms with E-state index in [0.717, 1.165) is 16.8 Å². The van der Waals surface area contributed by atoms with Gasteiger partial charge in [-0.25, -0.2) is 4.40 Å². The van der Waals surface area contributed by atoms with Gasteiger partial charge in [-0.3, -0.25) is 4.21 Å². The molecule has 0 saturated heterocycles. The minimum absolute atomic E-state index is 0.553. The number of hydrogen-bond acceptors (Lipinski definition) is 3. The molecule has 1 aliphatic rings. The highest BCUT2D eigenvalue weighted by Crippen LogP contribution is 2.28. The van der Waals surface area contributed by atoms with Gasteiger partial charge in [-0.05, 0) is 6.07 Å². The second kappa shape index (κ2) is 4.81. The van der Waals surface area contributed by atoms with Crippen molar-refractivity contribution in [1.29, 1.82) is 0 Å². The van der Waals surface area contributed by atoms with Gasteiger partial charge in [0, 0.05) is 37.3 Å². The van der Waals surface area contributed by atoms with Crippen molar-refractivity contribution in [2.24, 2.45) is 4.40 Å². The van der Waals surface area contributed by atoms with E-state index >= 15 is 0 Å². The van der Waals surface area contributed by atoms with Crippen LogP contribution in [0, 0.1) is 0 Å². The quantitative estimate of drug-likeness (QED) is 0.750. The van der Waals surface area contributed by atoms with Crippen molar-refractivity contribution in [3.8, 4) is 0 Å². The second-order valence-electron chi connectivity index (χ2n) is 3.99. The van der Waals surface area contributed by atoms with Crippen LogP contribution < -0.4 is 4.90 Å². The standard InChI is InChI=1S/C12H14N2O2S/c1-14(2)12-8-4-5-9-10(12)6-3-7-11(9)13-17(15)16/h3-6,8H,7H2,1-2H3,(H,15,16)/p-1. The summed E-state index contributed by atoms with van der Waals surface area (Å²) in [6.07, 6.45) is 4.50. The Kier molecular flexibility index (Phi) is 3.40. The zero-order valence-electron chi connectivity index (χ0n) is 9.71. The molecular weight excluding hydrogens is 236 g/mol. The third kappa shape index (κ3) is 2.45. The topological polar surface area (TPSA) is 55.7 Å². The maximum atomic E-state index is 10.7. The van der Waals surface area contributed by atoms with Crippen molar-refractivity contribution in [2.75, 3.05) is 19.0 Å². The number of hydrogen-bond donors (Lipinski definition) is 0. The van der Waals surface area contributed by atoms with Gasteiger partial charge in [-0.15, -0.1) is 0 Å². The van der Waals surface area contributed by atoms with E-state index in [2.05, 4.69) is 4.40 Å².